The number of rotatable bonds is 6. The second-order valence-corrected chi connectivity index (χ2v) is 4.89. The lowest BCUT2D eigenvalue weighted by atomic mass is 9.89. The molecule has 1 aromatic carbocycles. The van der Waals surface area contributed by atoms with Crippen LogP contribution in [0.25, 0.3) is 0 Å². The van der Waals surface area contributed by atoms with Crippen LogP contribution >= 0.6 is 11.6 Å². The van der Waals surface area contributed by atoms with Gasteiger partial charge < -0.3 is 5.32 Å². The molecule has 1 amide bonds. The maximum atomic E-state index is 12.2. The number of carbonyl (C=O) groups is 1. The topological polar surface area (TPSA) is 29.1 Å². The summed E-state index contributed by atoms with van der Waals surface area (Å²) in [6.07, 6.45) is 2.85. The minimum atomic E-state index is -0.0811. The third-order valence-corrected chi connectivity index (χ3v) is 4.09. The number of hydrogen-bond donors (Lipinski definition) is 1. The molecule has 0 unspecified atom stereocenters. The van der Waals surface area contributed by atoms with Crippen molar-refractivity contribution in [3.05, 3.63) is 35.4 Å². The predicted molar refractivity (Wildman–Crippen MR) is 77.1 cm³/mol. The van der Waals surface area contributed by atoms with E-state index < -0.39 is 0 Å². The number of halogens is 1. The molecule has 0 saturated carbocycles. The first-order valence-corrected chi connectivity index (χ1v) is 7.11. The Kier molecular flexibility index (Phi) is 5.67. The molecule has 0 bridgehead atoms. The zero-order valence-corrected chi connectivity index (χ0v) is 12.2. The Hall–Kier alpha value is -1.02. The second kappa shape index (κ2) is 6.79. The van der Waals surface area contributed by atoms with E-state index in [1.54, 1.807) is 0 Å². The first-order chi connectivity index (χ1) is 8.60. The van der Waals surface area contributed by atoms with Crippen molar-refractivity contribution >= 4 is 17.5 Å². The Morgan fingerprint density at radius 1 is 1.11 bits per heavy atom. The van der Waals surface area contributed by atoms with Gasteiger partial charge in [0, 0.05) is 17.0 Å². The van der Waals surface area contributed by atoms with Crippen molar-refractivity contribution in [1.82, 2.24) is 5.32 Å². The molecular formula is C15H22ClNO. The fourth-order valence-electron chi connectivity index (χ4n) is 2.07. The normalized spacial score (nSPS) is 11.3. The molecule has 1 N–H and O–H groups in total. The molecule has 0 saturated heterocycles. The summed E-state index contributed by atoms with van der Waals surface area (Å²) in [7, 11) is 0. The Bertz CT molecular complexity index is 374. The lowest BCUT2D eigenvalue weighted by Crippen LogP contribution is -2.47. The molecule has 100 valence electrons. The van der Waals surface area contributed by atoms with Crippen LogP contribution in [0.2, 0.25) is 0 Å². The molecule has 2 nitrogen and oxygen atoms in total. The van der Waals surface area contributed by atoms with Crippen molar-refractivity contribution in [1.29, 1.82) is 0 Å². The summed E-state index contributed by atoms with van der Waals surface area (Å²) in [6.45, 7) is 6.34. The Morgan fingerprint density at radius 2 is 1.61 bits per heavy atom. The molecule has 0 spiro atoms. The van der Waals surface area contributed by atoms with Gasteiger partial charge in [-0.1, -0.05) is 32.9 Å². The monoisotopic (exact) mass is 267 g/mol. The van der Waals surface area contributed by atoms with Crippen LogP contribution < -0.4 is 5.32 Å². The predicted octanol–water partition coefficient (Wildman–Crippen LogP) is 4.12. The lowest BCUT2D eigenvalue weighted by Gasteiger charge is -2.31. The van der Waals surface area contributed by atoms with Crippen LogP contribution in [-0.4, -0.2) is 11.4 Å². The molecule has 0 heterocycles. The number of carbonyl (C=O) groups excluding carboxylic acids is 1. The van der Waals surface area contributed by atoms with Crippen LogP contribution in [0.15, 0.2) is 24.3 Å². The molecule has 1 rings (SSSR count). The highest BCUT2D eigenvalue weighted by Gasteiger charge is 2.26. The highest BCUT2D eigenvalue weighted by molar-refractivity contribution is 6.17. The van der Waals surface area contributed by atoms with Crippen molar-refractivity contribution in [2.24, 2.45) is 0 Å². The summed E-state index contributed by atoms with van der Waals surface area (Å²) in [5.41, 5.74) is 1.65. The summed E-state index contributed by atoms with van der Waals surface area (Å²) in [5, 5.41) is 3.16. The standard InChI is InChI=1S/C15H22ClNO/c1-4-15(5-2,6-3)17-14(18)13-9-7-12(11-16)8-10-13/h7-10H,4-6,11H2,1-3H3,(H,17,18). The number of benzene rings is 1. The van der Waals surface area contributed by atoms with E-state index in [9.17, 15) is 4.79 Å². The maximum absolute atomic E-state index is 12.2. The summed E-state index contributed by atoms with van der Waals surface area (Å²) >= 11 is 5.73. The van der Waals surface area contributed by atoms with Crippen LogP contribution in [0, 0.1) is 0 Å². The Morgan fingerprint density at radius 3 is 2.00 bits per heavy atom. The first-order valence-electron chi connectivity index (χ1n) is 6.58. The fraction of sp³-hybridized carbons (Fsp3) is 0.533. The van der Waals surface area contributed by atoms with Gasteiger partial charge in [-0.2, -0.15) is 0 Å². The van der Waals surface area contributed by atoms with E-state index in [0.29, 0.717) is 11.4 Å². The first kappa shape index (κ1) is 15.0. The van der Waals surface area contributed by atoms with Crippen molar-refractivity contribution in [3.63, 3.8) is 0 Å². The van der Waals surface area contributed by atoms with Gasteiger partial charge in [-0.25, -0.2) is 0 Å². The van der Waals surface area contributed by atoms with Gasteiger partial charge in [0.25, 0.3) is 5.91 Å². The van der Waals surface area contributed by atoms with Gasteiger partial charge in [-0.15, -0.1) is 11.6 Å². The van der Waals surface area contributed by atoms with E-state index in [4.69, 9.17) is 11.6 Å². The third-order valence-electron chi connectivity index (χ3n) is 3.78. The highest BCUT2D eigenvalue weighted by Crippen LogP contribution is 2.20. The summed E-state index contributed by atoms with van der Waals surface area (Å²) < 4.78 is 0. The van der Waals surface area contributed by atoms with Crippen LogP contribution in [-0.2, 0) is 5.88 Å². The fourth-order valence-corrected chi connectivity index (χ4v) is 2.25. The summed E-state index contributed by atoms with van der Waals surface area (Å²) in [5.74, 6) is 0.478. The minimum absolute atomic E-state index is 0.00155. The zero-order valence-electron chi connectivity index (χ0n) is 11.4. The van der Waals surface area contributed by atoms with E-state index in [1.165, 1.54) is 0 Å². The molecular weight excluding hydrogens is 246 g/mol. The summed E-state index contributed by atoms with van der Waals surface area (Å²) in [6, 6.07) is 7.46. The molecule has 3 heteroatoms. The Balaban J connectivity index is 2.80. The minimum Gasteiger partial charge on any atom is -0.347 e. The molecule has 1 aromatic rings. The van der Waals surface area contributed by atoms with Crippen LogP contribution in [0.4, 0.5) is 0 Å². The van der Waals surface area contributed by atoms with E-state index in [2.05, 4.69) is 26.1 Å². The van der Waals surface area contributed by atoms with Crippen molar-refractivity contribution < 1.29 is 4.79 Å². The van der Waals surface area contributed by atoms with E-state index in [-0.39, 0.29) is 11.4 Å². The van der Waals surface area contributed by atoms with Gasteiger partial charge >= 0.3 is 0 Å². The van der Waals surface area contributed by atoms with Crippen LogP contribution in [0.3, 0.4) is 0 Å². The van der Waals surface area contributed by atoms with Gasteiger partial charge in [0.1, 0.15) is 0 Å². The van der Waals surface area contributed by atoms with Crippen LogP contribution in [0.1, 0.15) is 56.0 Å². The van der Waals surface area contributed by atoms with Gasteiger partial charge in [-0.05, 0) is 37.0 Å². The number of amides is 1. The zero-order chi connectivity index (χ0) is 13.6. The van der Waals surface area contributed by atoms with Crippen LogP contribution in [0.5, 0.6) is 0 Å². The van der Waals surface area contributed by atoms with Gasteiger partial charge in [0.2, 0.25) is 0 Å². The van der Waals surface area contributed by atoms with Gasteiger partial charge in [-0.3, -0.25) is 4.79 Å². The second-order valence-electron chi connectivity index (χ2n) is 4.63. The molecule has 0 aliphatic heterocycles. The van der Waals surface area contributed by atoms with E-state index in [0.717, 1.165) is 24.8 Å². The van der Waals surface area contributed by atoms with Crippen molar-refractivity contribution in [2.45, 2.75) is 51.5 Å². The van der Waals surface area contributed by atoms with Gasteiger partial charge in [0.15, 0.2) is 0 Å². The number of hydrogen-bond acceptors (Lipinski definition) is 1. The van der Waals surface area contributed by atoms with E-state index >= 15 is 0 Å². The average Bonchev–Trinajstić information content (AvgIpc) is 2.45. The quantitative estimate of drug-likeness (QED) is 0.772. The molecule has 0 radical (unpaired) electrons. The molecule has 0 atom stereocenters. The number of alkyl halides is 1. The maximum Gasteiger partial charge on any atom is 0.251 e. The van der Waals surface area contributed by atoms with E-state index in [1.807, 2.05) is 24.3 Å². The molecule has 0 aliphatic carbocycles. The SMILES string of the molecule is CCC(CC)(CC)NC(=O)c1ccc(CCl)cc1. The van der Waals surface area contributed by atoms with Gasteiger partial charge in [0.05, 0.1) is 0 Å². The average molecular weight is 268 g/mol. The highest BCUT2D eigenvalue weighted by atomic mass is 35.5. The van der Waals surface area contributed by atoms with Crippen molar-refractivity contribution in [3.8, 4) is 0 Å². The summed E-state index contributed by atoms with van der Waals surface area (Å²) in [4.78, 5) is 12.2. The molecule has 0 aromatic heterocycles. The van der Waals surface area contributed by atoms with Crippen molar-refractivity contribution in [2.75, 3.05) is 0 Å². The smallest absolute Gasteiger partial charge is 0.251 e. The molecule has 0 fully saturated rings. The molecule has 0 aliphatic rings. The molecule has 18 heavy (non-hydrogen) atoms. The number of nitrogens with one attached hydrogen (secondary N) is 1. The third kappa shape index (κ3) is 3.49. The lowest BCUT2D eigenvalue weighted by molar-refractivity contribution is 0.0888. The largest absolute Gasteiger partial charge is 0.347 e. The Labute approximate surface area is 115 Å².